The minimum absolute atomic E-state index is 0.0875. The number of ketones is 1. The number of hydrogen-bond acceptors (Lipinski definition) is 9. The zero-order chi connectivity index (χ0) is 30.9. The fraction of sp³-hybridized carbons (Fsp3) is 0.394. The molecule has 2 heterocycles. The van der Waals surface area contributed by atoms with Gasteiger partial charge in [-0.05, 0) is 31.9 Å². The Morgan fingerprint density at radius 3 is 2.49 bits per heavy atom. The second kappa shape index (κ2) is 14.6. The van der Waals surface area contributed by atoms with E-state index in [1.165, 1.54) is 21.1 Å². The van der Waals surface area contributed by atoms with E-state index < -0.39 is 0 Å². The van der Waals surface area contributed by atoms with Crippen molar-refractivity contribution in [1.29, 1.82) is 0 Å². The number of methoxy groups -OCH3 is 2. The lowest BCUT2D eigenvalue weighted by molar-refractivity contribution is 0.0777. The van der Waals surface area contributed by atoms with Crippen molar-refractivity contribution in [3.63, 3.8) is 0 Å². The van der Waals surface area contributed by atoms with Gasteiger partial charge >= 0.3 is 0 Å². The summed E-state index contributed by atoms with van der Waals surface area (Å²) in [5, 5.41) is 3.25. The van der Waals surface area contributed by atoms with E-state index >= 15 is 0 Å². The van der Waals surface area contributed by atoms with Crippen LogP contribution in [0.4, 0.5) is 11.4 Å². The van der Waals surface area contributed by atoms with Gasteiger partial charge in [-0.3, -0.25) is 19.6 Å². The maximum Gasteiger partial charge on any atom is 0.257 e. The third-order valence-electron chi connectivity index (χ3n) is 7.26. The zero-order valence-electron chi connectivity index (χ0n) is 25.4. The summed E-state index contributed by atoms with van der Waals surface area (Å²) in [6.45, 7) is 14.0. The lowest BCUT2D eigenvalue weighted by Crippen LogP contribution is -2.35. The van der Waals surface area contributed by atoms with Crippen molar-refractivity contribution >= 4 is 35.5 Å². The molecular weight excluding hydrogens is 548 g/mol. The molecule has 4 rings (SSSR count). The summed E-state index contributed by atoms with van der Waals surface area (Å²) in [6.07, 6.45) is 5.69. The SMILES string of the molecule is C=C(CC)CNCC=Nc1cc(OCCCOc2cc3c(cc2OC)C(=O)N2CC(=C)CC2C=N3)c(OC)cc1C(C)=O. The van der Waals surface area contributed by atoms with Crippen LogP contribution in [0.1, 0.15) is 53.8 Å². The molecule has 43 heavy (non-hydrogen) atoms. The molecule has 10 nitrogen and oxygen atoms in total. The summed E-state index contributed by atoms with van der Waals surface area (Å²) in [5.41, 5.74) is 4.10. The van der Waals surface area contributed by atoms with E-state index in [0.717, 1.165) is 17.6 Å². The third-order valence-corrected chi connectivity index (χ3v) is 7.26. The molecule has 1 atom stereocenters. The molecule has 1 amide bonds. The van der Waals surface area contributed by atoms with Gasteiger partial charge in [0.1, 0.15) is 0 Å². The van der Waals surface area contributed by atoms with Crippen LogP contribution in [-0.4, -0.2) is 82.1 Å². The van der Waals surface area contributed by atoms with Crippen LogP contribution in [0.25, 0.3) is 0 Å². The van der Waals surface area contributed by atoms with E-state index in [4.69, 9.17) is 18.9 Å². The summed E-state index contributed by atoms with van der Waals surface area (Å²) < 4.78 is 23.1. The van der Waals surface area contributed by atoms with Crippen molar-refractivity contribution in [1.82, 2.24) is 10.2 Å². The number of ether oxygens (including phenoxy) is 4. The number of carbonyl (C=O) groups is 2. The molecule has 2 aliphatic rings. The minimum Gasteiger partial charge on any atom is -0.493 e. The van der Waals surface area contributed by atoms with E-state index in [1.54, 1.807) is 41.6 Å². The number of rotatable bonds is 15. The van der Waals surface area contributed by atoms with Crippen molar-refractivity contribution in [3.05, 3.63) is 59.7 Å². The Kier molecular flexibility index (Phi) is 10.7. The van der Waals surface area contributed by atoms with Gasteiger partial charge < -0.3 is 29.2 Å². The summed E-state index contributed by atoms with van der Waals surface area (Å²) in [7, 11) is 3.07. The highest BCUT2D eigenvalue weighted by molar-refractivity contribution is 6.04. The molecule has 2 aliphatic heterocycles. The van der Waals surface area contributed by atoms with Crippen molar-refractivity contribution < 1.29 is 28.5 Å². The Balaban J connectivity index is 1.38. The van der Waals surface area contributed by atoms with E-state index in [0.29, 0.717) is 91.2 Å². The van der Waals surface area contributed by atoms with Crippen LogP contribution in [0.3, 0.4) is 0 Å². The van der Waals surface area contributed by atoms with Crippen molar-refractivity contribution in [2.24, 2.45) is 9.98 Å². The third kappa shape index (κ3) is 7.70. The Labute approximate surface area is 253 Å². The number of nitrogens with zero attached hydrogens (tertiary/aromatic N) is 3. The topological polar surface area (TPSA) is 111 Å². The molecule has 228 valence electrons. The molecule has 2 aromatic rings. The number of hydrogen-bond donors (Lipinski definition) is 1. The van der Waals surface area contributed by atoms with Gasteiger partial charge in [0.25, 0.3) is 5.91 Å². The fourth-order valence-electron chi connectivity index (χ4n) is 4.82. The first kappa shape index (κ1) is 31.5. The number of Topliss-reactive ketones (excluding diaryl/α,β-unsaturated/α-hetero) is 1. The van der Waals surface area contributed by atoms with E-state index in [1.807, 2.05) is 0 Å². The minimum atomic E-state index is -0.121. The summed E-state index contributed by atoms with van der Waals surface area (Å²) >= 11 is 0. The first-order valence-corrected chi connectivity index (χ1v) is 14.4. The molecule has 10 heteroatoms. The summed E-state index contributed by atoms with van der Waals surface area (Å²) in [5.74, 6) is 1.66. The van der Waals surface area contributed by atoms with Gasteiger partial charge in [0.2, 0.25) is 0 Å². The first-order valence-electron chi connectivity index (χ1n) is 14.4. The monoisotopic (exact) mass is 588 g/mol. The highest BCUT2D eigenvalue weighted by Gasteiger charge is 2.34. The average Bonchev–Trinajstić information content (AvgIpc) is 3.33. The predicted octanol–water partition coefficient (Wildman–Crippen LogP) is 5.50. The highest BCUT2D eigenvalue weighted by atomic mass is 16.5. The molecule has 1 fully saturated rings. The summed E-state index contributed by atoms with van der Waals surface area (Å²) in [6, 6.07) is 6.69. The molecule has 0 radical (unpaired) electrons. The molecule has 1 saturated heterocycles. The lowest BCUT2D eigenvalue weighted by atomic mass is 10.1. The van der Waals surface area contributed by atoms with Crippen molar-refractivity contribution in [3.8, 4) is 23.0 Å². The number of carbonyl (C=O) groups excluding carboxylic acids is 2. The van der Waals surface area contributed by atoms with Gasteiger partial charge in [-0.2, -0.15) is 0 Å². The van der Waals surface area contributed by atoms with Crippen LogP contribution in [-0.2, 0) is 0 Å². The van der Waals surface area contributed by atoms with Gasteiger partial charge in [0, 0.05) is 56.2 Å². The highest BCUT2D eigenvalue weighted by Crippen LogP contribution is 2.39. The molecule has 1 unspecified atom stereocenters. The number of nitrogens with one attached hydrogen (secondary N) is 1. The van der Waals surface area contributed by atoms with Crippen LogP contribution in [0.15, 0.2) is 58.6 Å². The molecule has 2 aromatic carbocycles. The van der Waals surface area contributed by atoms with E-state index in [9.17, 15) is 9.59 Å². The Morgan fingerprint density at radius 1 is 1.12 bits per heavy atom. The second-order valence-corrected chi connectivity index (χ2v) is 10.4. The Morgan fingerprint density at radius 2 is 1.81 bits per heavy atom. The summed E-state index contributed by atoms with van der Waals surface area (Å²) in [4.78, 5) is 36.3. The average molecular weight is 589 g/mol. The smallest absolute Gasteiger partial charge is 0.257 e. The maximum absolute atomic E-state index is 13.2. The van der Waals surface area contributed by atoms with Crippen LogP contribution in [0.5, 0.6) is 23.0 Å². The van der Waals surface area contributed by atoms with Crippen LogP contribution < -0.4 is 24.3 Å². The predicted molar refractivity (Wildman–Crippen MR) is 169 cm³/mol. The number of aliphatic imine (C=N–C) groups is 2. The lowest BCUT2D eigenvalue weighted by Gasteiger charge is -2.20. The van der Waals surface area contributed by atoms with Gasteiger partial charge in [0.05, 0.1) is 50.4 Å². The van der Waals surface area contributed by atoms with Crippen LogP contribution in [0, 0.1) is 0 Å². The molecule has 0 aliphatic carbocycles. The molecule has 0 aromatic heterocycles. The van der Waals surface area contributed by atoms with Crippen LogP contribution >= 0.6 is 0 Å². The fourth-order valence-corrected chi connectivity index (χ4v) is 4.82. The Hall–Kier alpha value is -4.44. The van der Waals surface area contributed by atoms with Crippen LogP contribution in [0.2, 0.25) is 0 Å². The van der Waals surface area contributed by atoms with E-state index in [-0.39, 0.29) is 17.7 Å². The van der Waals surface area contributed by atoms with Gasteiger partial charge in [0.15, 0.2) is 28.8 Å². The second-order valence-electron chi connectivity index (χ2n) is 10.4. The number of fused-ring (bicyclic) bond motifs is 2. The largest absolute Gasteiger partial charge is 0.493 e. The quantitative estimate of drug-likeness (QED) is 0.127. The van der Waals surface area contributed by atoms with Gasteiger partial charge in [-0.1, -0.05) is 31.2 Å². The van der Waals surface area contributed by atoms with Gasteiger partial charge in [-0.15, -0.1) is 0 Å². The van der Waals surface area contributed by atoms with Crippen molar-refractivity contribution in [2.75, 3.05) is 47.1 Å². The number of benzene rings is 2. The normalized spacial score (nSPS) is 15.7. The molecular formula is C33H40N4O6. The van der Waals surface area contributed by atoms with E-state index in [2.05, 4.69) is 35.4 Å². The number of amides is 1. The maximum atomic E-state index is 13.2. The first-order chi connectivity index (χ1) is 20.7. The molecule has 1 N–H and O–H groups in total. The Bertz CT molecular complexity index is 1450. The van der Waals surface area contributed by atoms with Crippen molar-refractivity contribution in [2.45, 2.75) is 39.2 Å². The molecule has 0 saturated carbocycles. The zero-order valence-corrected chi connectivity index (χ0v) is 25.4. The standard InChI is InChI=1S/C33H40N4O6/c1-7-21(2)18-34-9-10-35-27-16-31(29(40-5)14-25(27)23(4)38)42-11-8-12-43-32-17-28-26(15-30(32)41-6)33(39)37-20-22(3)13-24(37)19-36-28/h10,14-17,19,24,34H,2-3,7-9,11-13,18,20H2,1,4-6H3. The molecule has 0 spiro atoms. The molecule has 0 bridgehead atoms. The van der Waals surface area contributed by atoms with Gasteiger partial charge in [-0.25, -0.2) is 0 Å².